The Hall–Kier alpha value is -2.82. The molecule has 0 aliphatic heterocycles. The average Bonchev–Trinajstić information content (AvgIpc) is 2.50. The lowest BCUT2D eigenvalue weighted by Gasteiger charge is -2.12. The molecule has 2 aromatic rings. The minimum atomic E-state index is -1.18. The molecule has 0 saturated heterocycles. The second kappa shape index (κ2) is 6.30. The normalized spacial score (nSPS) is 10.3. The van der Waals surface area contributed by atoms with Gasteiger partial charge in [-0.05, 0) is 31.5 Å². The third kappa shape index (κ3) is 2.93. The molecule has 0 fully saturated rings. The van der Waals surface area contributed by atoms with Crippen molar-refractivity contribution in [1.29, 1.82) is 0 Å². The first-order valence-corrected chi connectivity index (χ1v) is 6.90. The Morgan fingerprint density at radius 3 is 2.32 bits per heavy atom. The van der Waals surface area contributed by atoms with Crippen LogP contribution in [0.2, 0.25) is 0 Å². The van der Waals surface area contributed by atoms with Gasteiger partial charge in [-0.2, -0.15) is 0 Å². The highest BCUT2D eigenvalue weighted by atomic mass is 16.4. The number of phenolic OH excluding ortho intramolecular Hbond substituents is 1. The standard InChI is InChI=1S/C17H17NO4/c1-3-18-14-9-15(19)13(8-10(14)2)16(20)11-6-4-5-7-12(11)17(21)22/h4-9,18-19H,3H2,1-2H3,(H,21,22). The van der Waals surface area contributed by atoms with Gasteiger partial charge in [-0.25, -0.2) is 4.79 Å². The first-order valence-electron chi connectivity index (χ1n) is 6.90. The maximum Gasteiger partial charge on any atom is 0.336 e. The summed E-state index contributed by atoms with van der Waals surface area (Å²) < 4.78 is 0. The average molecular weight is 299 g/mol. The van der Waals surface area contributed by atoms with Crippen LogP contribution in [0.25, 0.3) is 0 Å². The van der Waals surface area contributed by atoms with E-state index in [1.54, 1.807) is 18.2 Å². The highest BCUT2D eigenvalue weighted by Crippen LogP contribution is 2.28. The number of carboxylic acid groups (broad SMARTS) is 1. The third-order valence-electron chi connectivity index (χ3n) is 3.36. The number of aryl methyl sites for hydroxylation is 1. The molecule has 5 nitrogen and oxygen atoms in total. The number of nitrogens with one attached hydrogen (secondary N) is 1. The van der Waals surface area contributed by atoms with E-state index in [0.29, 0.717) is 6.54 Å². The molecule has 0 atom stereocenters. The first kappa shape index (κ1) is 15.6. The van der Waals surface area contributed by atoms with Crippen LogP contribution in [0, 0.1) is 6.92 Å². The number of anilines is 1. The second-order valence-electron chi connectivity index (χ2n) is 4.89. The fourth-order valence-electron chi connectivity index (χ4n) is 2.27. The molecule has 0 unspecified atom stereocenters. The summed E-state index contributed by atoms with van der Waals surface area (Å²) in [5, 5.41) is 22.4. The zero-order valence-corrected chi connectivity index (χ0v) is 12.4. The van der Waals surface area contributed by atoms with Gasteiger partial charge in [0.05, 0.1) is 11.1 Å². The van der Waals surface area contributed by atoms with E-state index in [4.69, 9.17) is 0 Å². The van der Waals surface area contributed by atoms with Crippen LogP contribution in [0.3, 0.4) is 0 Å². The number of phenols is 1. The molecular formula is C17H17NO4. The summed E-state index contributed by atoms with van der Waals surface area (Å²) in [5.74, 6) is -1.86. The summed E-state index contributed by atoms with van der Waals surface area (Å²) in [5.41, 5.74) is 1.60. The summed E-state index contributed by atoms with van der Waals surface area (Å²) >= 11 is 0. The minimum Gasteiger partial charge on any atom is -0.507 e. The van der Waals surface area contributed by atoms with E-state index in [1.807, 2.05) is 13.8 Å². The van der Waals surface area contributed by atoms with Crippen molar-refractivity contribution in [2.24, 2.45) is 0 Å². The van der Waals surface area contributed by atoms with Gasteiger partial charge in [0.25, 0.3) is 0 Å². The zero-order chi connectivity index (χ0) is 16.3. The Morgan fingerprint density at radius 1 is 1.09 bits per heavy atom. The number of ketones is 1. The van der Waals surface area contributed by atoms with Crippen LogP contribution >= 0.6 is 0 Å². The van der Waals surface area contributed by atoms with Gasteiger partial charge < -0.3 is 15.5 Å². The molecule has 0 amide bonds. The predicted octanol–water partition coefficient (Wildman–Crippen LogP) is 3.06. The van der Waals surface area contributed by atoms with Crippen molar-refractivity contribution < 1.29 is 19.8 Å². The maximum absolute atomic E-state index is 12.6. The molecular weight excluding hydrogens is 282 g/mol. The van der Waals surface area contributed by atoms with E-state index in [1.165, 1.54) is 18.2 Å². The molecule has 0 spiro atoms. The van der Waals surface area contributed by atoms with E-state index in [9.17, 15) is 19.8 Å². The lowest BCUT2D eigenvalue weighted by Crippen LogP contribution is -2.10. The van der Waals surface area contributed by atoms with Gasteiger partial charge in [0.1, 0.15) is 5.75 Å². The Balaban J connectivity index is 2.51. The minimum absolute atomic E-state index is 0.0564. The molecule has 0 aromatic heterocycles. The Bertz CT molecular complexity index is 737. The van der Waals surface area contributed by atoms with Gasteiger partial charge in [0.2, 0.25) is 0 Å². The van der Waals surface area contributed by atoms with Gasteiger partial charge in [-0.3, -0.25) is 4.79 Å². The Morgan fingerprint density at radius 2 is 1.73 bits per heavy atom. The Kier molecular flexibility index (Phi) is 4.46. The predicted molar refractivity (Wildman–Crippen MR) is 83.8 cm³/mol. The van der Waals surface area contributed by atoms with Crippen LogP contribution in [0.4, 0.5) is 5.69 Å². The monoisotopic (exact) mass is 299 g/mol. The highest BCUT2D eigenvalue weighted by molar-refractivity contribution is 6.15. The number of carboxylic acids is 1. The number of carbonyl (C=O) groups is 2. The van der Waals surface area contributed by atoms with Crippen molar-refractivity contribution >= 4 is 17.4 Å². The number of carbonyl (C=O) groups excluding carboxylic acids is 1. The van der Waals surface area contributed by atoms with Gasteiger partial charge >= 0.3 is 5.97 Å². The molecule has 3 N–H and O–H groups in total. The first-order chi connectivity index (χ1) is 10.5. The third-order valence-corrected chi connectivity index (χ3v) is 3.36. The zero-order valence-electron chi connectivity index (χ0n) is 12.4. The van der Waals surface area contributed by atoms with Crippen molar-refractivity contribution in [3.63, 3.8) is 0 Å². The summed E-state index contributed by atoms with van der Waals surface area (Å²) in [7, 11) is 0. The van der Waals surface area contributed by atoms with Crippen LogP contribution in [0.5, 0.6) is 5.75 Å². The van der Waals surface area contributed by atoms with Crippen molar-refractivity contribution in [3.05, 3.63) is 58.7 Å². The fraction of sp³-hybridized carbons (Fsp3) is 0.176. The lowest BCUT2D eigenvalue weighted by molar-refractivity contribution is 0.0692. The fourth-order valence-corrected chi connectivity index (χ4v) is 2.27. The van der Waals surface area contributed by atoms with Crippen LogP contribution < -0.4 is 5.32 Å². The quantitative estimate of drug-likeness (QED) is 0.739. The smallest absolute Gasteiger partial charge is 0.336 e. The van der Waals surface area contributed by atoms with E-state index >= 15 is 0 Å². The van der Waals surface area contributed by atoms with Crippen LogP contribution in [0.1, 0.15) is 38.8 Å². The molecule has 5 heteroatoms. The summed E-state index contributed by atoms with van der Waals surface area (Å²) in [6.07, 6.45) is 0. The molecule has 2 rings (SSSR count). The molecule has 0 heterocycles. The summed E-state index contributed by atoms with van der Waals surface area (Å²) in [4.78, 5) is 23.8. The van der Waals surface area contributed by atoms with Crippen molar-refractivity contribution in [2.45, 2.75) is 13.8 Å². The van der Waals surface area contributed by atoms with E-state index < -0.39 is 11.8 Å². The SMILES string of the molecule is CCNc1cc(O)c(C(=O)c2ccccc2C(=O)O)cc1C. The summed E-state index contributed by atoms with van der Waals surface area (Å²) in [6, 6.07) is 9.01. The molecule has 0 saturated carbocycles. The van der Waals surface area contributed by atoms with Crippen LogP contribution in [0.15, 0.2) is 36.4 Å². The number of rotatable bonds is 5. The summed E-state index contributed by atoms with van der Waals surface area (Å²) in [6.45, 7) is 4.44. The van der Waals surface area contributed by atoms with E-state index in [2.05, 4.69) is 5.32 Å². The maximum atomic E-state index is 12.6. The van der Waals surface area contributed by atoms with Crippen LogP contribution in [-0.2, 0) is 0 Å². The van der Waals surface area contributed by atoms with Gasteiger partial charge in [0, 0.05) is 23.9 Å². The molecule has 114 valence electrons. The van der Waals surface area contributed by atoms with Crippen molar-refractivity contribution in [1.82, 2.24) is 0 Å². The van der Waals surface area contributed by atoms with Crippen molar-refractivity contribution in [3.8, 4) is 5.75 Å². The molecule has 22 heavy (non-hydrogen) atoms. The molecule has 2 aromatic carbocycles. The lowest BCUT2D eigenvalue weighted by atomic mass is 9.96. The van der Waals surface area contributed by atoms with E-state index in [0.717, 1.165) is 11.3 Å². The molecule has 0 aliphatic rings. The molecule has 0 radical (unpaired) electrons. The molecule has 0 aliphatic carbocycles. The second-order valence-corrected chi connectivity index (χ2v) is 4.89. The number of benzene rings is 2. The number of aromatic hydroxyl groups is 1. The van der Waals surface area contributed by atoms with Crippen molar-refractivity contribution in [2.75, 3.05) is 11.9 Å². The number of hydrogen-bond acceptors (Lipinski definition) is 4. The number of hydrogen-bond donors (Lipinski definition) is 3. The van der Waals surface area contributed by atoms with E-state index in [-0.39, 0.29) is 22.4 Å². The largest absolute Gasteiger partial charge is 0.507 e. The van der Waals surface area contributed by atoms with Gasteiger partial charge in [0.15, 0.2) is 5.78 Å². The Labute approximate surface area is 128 Å². The highest BCUT2D eigenvalue weighted by Gasteiger charge is 2.20. The topological polar surface area (TPSA) is 86.6 Å². The van der Waals surface area contributed by atoms with Gasteiger partial charge in [-0.1, -0.05) is 18.2 Å². The number of aromatic carboxylic acids is 1. The van der Waals surface area contributed by atoms with Crippen LogP contribution in [-0.4, -0.2) is 28.5 Å². The van der Waals surface area contributed by atoms with Gasteiger partial charge in [-0.15, -0.1) is 0 Å². The molecule has 0 bridgehead atoms.